The number of hydrogen-bond acceptors (Lipinski definition) is 4. The first-order chi connectivity index (χ1) is 7.06. The van der Waals surface area contributed by atoms with Gasteiger partial charge in [-0.25, -0.2) is 0 Å². The Bertz CT molecular complexity index is 330. The van der Waals surface area contributed by atoms with Crippen molar-refractivity contribution in [3.63, 3.8) is 0 Å². The summed E-state index contributed by atoms with van der Waals surface area (Å²) in [5.41, 5.74) is 7.84. The summed E-state index contributed by atoms with van der Waals surface area (Å²) in [4.78, 5) is 0. The van der Waals surface area contributed by atoms with Crippen LogP contribution < -0.4 is 5.73 Å². The lowest BCUT2D eigenvalue weighted by atomic mass is 9.99. The Hall–Kier alpha value is -0.710. The normalized spacial score (nSPS) is 14.9. The van der Waals surface area contributed by atoms with Gasteiger partial charge in [0.25, 0.3) is 0 Å². The minimum absolute atomic E-state index is 0.442. The Balaban J connectivity index is 2.89. The second kappa shape index (κ2) is 5.39. The molecule has 1 aromatic carbocycles. The number of rotatable bonds is 4. The van der Waals surface area contributed by atoms with E-state index in [4.69, 9.17) is 5.73 Å². The van der Waals surface area contributed by atoms with E-state index in [0.717, 1.165) is 5.56 Å². The standard InChI is InChI=1S/C11H17NO2S/c1-7-2-3-9(12)8(6-7)11(14)10(13)4-5-15/h2-3,6,10-11,13-15H,4-5,12H2,1H3. The maximum absolute atomic E-state index is 9.86. The second-order valence-electron chi connectivity index (χ2n) is 3.66. The second-order valence-corrected chi connectivity index (χ2v) is 4.10. The van der Waals surface area contributed by atoms with Crippen LogP contribution in [0.2, 0.25) is 0 Å². The fraction of sp³-hybridized carbons (Fsp3) is 0.455. The van der Waals surface area contributed by atoms with Crippen LogP contribution >= 0.6 is 12.6 Å². The molecule has 0 radical (unpaired) electrons. The Morgan fingerprint density at radius 1 is 1.40 bits per heavy atom. The molecule has 0 spiro atoms. The predicted molar refractivity (Wildman–Crippen MR) is 65.0 cm³/mol. The van der Waals surface area contributed by atoms with Crippen molar-refractivity contribution in [2.45, 2.75) is 25.6 Å². The van der Waals surface area contributed by atoms with E-state index in [1.807, 2.05) is 13.0 Å². The quantitative estimate of drug-likeness (QED) is 0.463. The monoisotopic (exact) mass is 227 g/mol. The summed E-state index contributed by atoms with van der Waals surface area (Å²) >= 11 is 4.01. The summed E-state index contributed by atoms with van der Waals surface area (Å²) < 4.78 is 0. The largest absolute Gasteiger partial charge is 0.398 e. The van der Waals surface area contributed by atoms with Crippen molar-refractivity contribution < 1.29 is 10.2 Å². The molecule has 2 unspecified atom stereocenters. The van der Waals surface area contributed by atoms with Crippen LogP contribution in [0, 0.1) is 6.92 Å². The molecular formula is C11H17NO2S. The SMILES string of the molecule is Cc1ccc(N)c(C(O)C(O)CCS)c1. The van der Waals surface area contributed by atoms with E-state index < -0.39 is 12.2 Å². The summed E-state index contributed by atoms with van der Waals surface area (Å²) in [6.07, 6.45) is -1.30. The van der Waals surface area contributed by atoms with Crippen molar-refractivity contribution in [2.24, 2.45) is 0 Å². The third-order valence-electron chi connectivity index (χ3n) is 2.35. The van der Waals surface area contributed by atoms with E-state index >= 15 is 0 Å². The van der Waals surface area contributed by atoms with Crippen LogP contribution in [-0.2, 0) is 0 Å². The Morgan fingerprint density at radius 3 is 2.67 bits per heavy atom. The van der Waals surface area contributed by atoms with Crippen LogP contribution in [0.25, 0.3) is 0 Å². The minimum atomic E-state index is -0.933. The Kier molecular flexibility index (Phi) is 4.45. The van der Waals surface area contributed by atoms with Crippen LogP contribution in [0.3, 0.4) is 0 Å². The molecule has 0 saturated heterocycles. The molecule has 0 aliphatic heterocycles. The highest BCUT2D eigenvalue weighted by Gasteiger charge is 2.19. The van der Waals surface area contributed by atoms with Crippen molar-refractivity contribution in [2.75, 3.05) is 11.5 Å². The number of aryl methyl sites for hydroxylation is 1. The zero-order chi connectivity index (χ0) is 11.4. The van der Waals surface area contributed by atoms with Gasteiger partial charge in [-0.2, -0.15) is 12.6 Å². The van der Waals surface area contributed by atoms with Crippen molar-refractivity contribution in [1.82, 2.24) is 0 Å². The van der Waals surface area contributed by atoms with Gasteiger partial charge in [-0.1, -0.05) is 17.7 Å². The van der Waals surface area contributed by atoms with Crippen molar-refractivity contribution >= 4 is 18.3 Å². The molecule has 0 heterocycles. The van der Waals surface area contributed by atoms with Gasteiger partial charge in [-0.15, -0.1) is 0 Å². The molecule has 0 bridgehead atoms. The molecule has 84 valence electrons. The topological polar surface area (TPSA) is 66.5 Å². The molecule has 2 atom stereocenters. The zero-order valence-electron chi connectivity index (χ0n) is 8.72. The van der Waals surface area contributed by atoms with Gasteiger partial charge in [0.15, 0.2) is 0 Å². The van der Waals surface area contributed by atoms with Crippen LogP contribution in [0.4, 0.5) is 5.69 Å². The maximum atomic E-state index is 9.86. The van der Waals surface area contributed by atoms with Gasteiger partial charge in [0.05, 0.1) is 6.10 Å². The summed E-state index contributed by atoms with van der Waals surface area (Å²) in [5, 5.41) is 19.5. The average Bonchev–Trinajstić information content (AvgIpc) is 2.21. The van der Waals surface area contributed by atoms with Gasteiger partial charge in [0, 0.05) is 11.3 Å². The number of benzene rings is 1. The lowest BCUT2D eigenvalue weighted by Crippen LogP contribution is -2.19. The number of nitrogen functional groups attached to an aromatic ring is 1. The highest BCUT2D eigenvalue weighted by atomic mass is 32.1. The van der Waals surface area contributed by atoms with Crippen molar-refractivity contribution in [3.05, 3.63) is 29.3 Å². The molecule has 0 amide bonds. The van der Waals surface area contributed by atoms with E-state index in [1.165, 1.54) is 0 Å². The molecule has 1 rings (SSSR count). The smallest absolute Gasteiger partial charge is 0.107 e. The molecule has 4 heteroatoms. The van der Waals surface area contributed by atoms with Gasteiger partial charge in [0.2, 0.25) is 0 Å². The first kappa shape index (κ1) is 12.4. The number of anilines is 1. The first-order valence-corrected chi connectivity index (χ1v) is 5.52. The first-order valence-electron chi connectivity index (χ1n) is 4.89. The number of thiol groups is 1. The lowest BCUT2D eigenvalue weighted by molar-refractivity contribution is 0.0176. The van der Waals surface area contributed by atoms with Crippen LogP contribution in [0.15, 0.2) is 18.2 Å². The van der Waals surface area contributed by atoms with E-state index in [2.05, 4.69) is 12.6 Å². The minimum Gasteiger partial charge on any atom is -0.398 e. The molecule has 0 aromatic heterocycles. The number of hydrogen-bond donors (Lipinski definition) is 4. The van der Waals surface area contributed by atoms with Gasteiger partial charge in [-0.05, 0) is 25.2 Å². The summed E-state index contributed by atoms with van der Waals surface area (Å²) in [6.45, 7) is 1.92. The number of nitrogens with two attached hydrogens (primary N) is 1. The summed E-state index contributed by atoms with van der Waals surface area (Å²) in [6, 6.07) is 5.40. The van der Waals surface area contributed by atoms with Gasteiger partial charge in [0.1, 0.15) is 6.10 Å². The van der Waals surface area contributed by atoms with Gasteiger partial charge < -0.3 is 15.9 Å². The van der Waals surface area contributed by atoms with E-state index in [9.17, 15) is 10.2 Å². The van der Waals surface area contributed by atoms with Gasteiger partial charge in [-0.3, -0.25) is 0 Å². The number of aliphatic hydroxyl groups excluding tert-OH is 2. The van der Waals surface area contributed by atoms with Crippen molar-refractivity contribution in [3.8, 4) is 0 Å². The molecule has 15 heavy (non-hydrogen) atoms. The van der Waals surface area contributed by atoms with Crippen LogP contribution in [0.1, 0.15) is 23.7 Å². The Morgan fingerprint density at radius 2 is 2.07 bits per heavy atom. The van der Waals surface area contributed by atoms with E-state index in [1.54, 1.807) is 12.1 Å². The molecule has 0 fully saturated rings. The molecular weight excluding hydrogens is 210 g/mol. The molecule has 0 aliphatic carbocycles. The summed E-state index contributed by atoms with van der Waals surface area (Å²) in [7, 11) is 0. The molecule has 4 N–H and O–H groups in total. The fourth-order valence-corrected chi connectivity index (χ4v) is 1.71. The Labute approximate surface area is 95.3 Å². The third kappa shape index (κ3) is 3.12. The van der Waals surface area contributed by atoms with Crippen LogP contribution in [-0.4, -0.2) is 22.1 Å². The molecule has 0 saturated carbocycles. The highest BCUT2D eigenvalue weighted by Crippen LogP contribution is 2.25. The summed E-state index contributed by atoms with van der Waals surface area (Å²) in [5.74, 6) is 0.532. The molecule has 3 nitrogen and oxygen atoms in total. The molecule has 1 aromatic rings. The average molecular weight is 227 g/mol. The third-order valence-corrected chi connectivity index (χ3v) is 2.61. The maximum Gasteiger partial charge on any atom is 0.107 e. The fourth-order valence-electron chi connectivity index (χ4n) is 1.45. The van der Waals surface area contributed by atoms with Crippen LogP contribution in [0.5, 0.6) is 0 Å². The van der Waals surface area contributed by atoms with E-state index in [0.29, 0.717) is 23.4 Å². The molecule has 0 aliphatic rings. The van der Waals surface area contributed by atoms with Crippen molar-refractivity contribution in [1.29, 1.82) is 0 Å². The number of aliphatic hydroxyl groups is 2. The predicted octanol–water partition coefficient (Wildman–Crippen LogP) is 1.29. The highest BCUT2D eigenvalue weighted by molar-refractivity contribution is 7.80. The lowest BCUT2D eigenvalue weighted by Gasteiger charge is -2.19. The zero-order valence-corrected chi connectivity index (χ0v) is 9.61. The van der Waals surface area contributed by atoms with Gasteiger partial charge >= 0.3 is 0 Å². The van der Waals surface area contributed by atoms with E-state index in [-0.39, 0.29) is 0 Å².